The Balaban J connectivity index is 1.31. The van der Waals surface area contributed by atoms with Crippen molar-refractivity contribution < 1.29 is 19.1 Å². The van der Waals surface area contributed by atoms with Crippen LogP contribution in [0, 0.1) is 6.92 Å². The molecule has 0 spiro atoms. The van der Waals surface area contributed by atoms with E-state index in [-0.39, 0.29) is 5.69 Å². The molecule has 186 valence electrons. The Kier molecular flexibility index (Phi) is 5.99. The highest BCUT2D eigenvalue weighted by Crippen LogP contribution is 2.36. The number of anilines is 3. The van der Waals surface area contributed by atoms with E-state index in [4.69, 9.17) is 19.1 Å². The van der Waals surface area contributed by atoms with Crippen molar-refractivity contribution in [1.29, 1.82) is 0 Å². The smallest absolute Gasteiger partial charge is 0.277 e. The number of aromatic nitrogens is 4. The summed E-state index contributed by atoms with van der Waals surface area (Å²) in [7, 11) is 0. The molecule has 2 aliphatic rings. The van der Waals surface area contributed by atoms with Gasteiger partial charge in [-0.05, 0) is 31.5 Å². The molecule has 0 saturated carbocycles. The van der Waals surface area contributed by atoms with Crippen molar-refractivity contribution in [2.45, 2.75) is 19.4 Å². The number of carbonyl (C=O) groups excluding carboxylic acids is 1. The first kappa shape index (κ1) is 22.8. The van der Waals surface area contributed by atoms with Gasteiger partial charge in [0.1, 0.15) is 6.26 Å². The number of thiazole rings is 1. The van der Waals surface area contributed by atoms with E-state index < -0.39 is 12.0 Å². The summed E-state index contributed by atoms with van der Waals surface area (Å²) >= 11 is 1.53. The minimum atomic E-state index is -0.438. The van der Waals surface area contributed by atoms with Gasteiger partial charge >= 0.3 is 0 Å². The van der Waals surface area contributed by atoms with Crippen LogP contribution < -0.4 is 15.1 Å². The van der Waals surface area contributed by atoms with Gasteiger partial charge < -0.3 is 29.4 Å². The Morgan fingerprint density at radius 3 is 2.81 bits per heavy atom. The van der Waals surface area contributed by atoms with Crippen molar-refractivity contribution in [2.24, 2.45) is 0 Å². The van der Waals surface area contributed by atoms with Crippen molar-refractivity contribution >= 4 is 44.2 Å². The molecule has 4 aromatic rings. The molecule has 2 aliphatic heterocycles. The van der Waals surface area contributed by atoms with E-state index in [1.807, 2.05) is 24.0 Å². The van der Waals surface area contributed by atoms with Crippen LogP contribution in [-0.2, 0) is 4.74 Å². The SMILES string of the molecule is Cc1cc(-c2nc(C(=O)Nc3cc4sc(N5CCOCC5)nc4nc3N3CC[C@H](O)C3)co2)ccn1. The molecule has 2 fully saturated rings. The van der Waals surface area contributed by atoms with Gasteiger partial charge in [0.15, 0.2) is 22.3 Å². The van der Waals surface area contributed by atoms with Crippen LogP contribution in [0.2, 0.25) is 0 Å². The number of oxazole rings is 1. The topological polar surface area (TPSA) is 130 Å². The van der Waals surface area contributed by atoms with E-state index in [1.54, 1.807) is 12.3 Å². The summed E-state index contributed by atoms with van der Waals surface area (Å²) in [5, 5.41) is 14.0. The van der Waals surface area contributed by atoms with Crippen LogP contribution in [0.25, 0.3) is 21.8 Å². The average molecular weight is 508 g/mol. The third-order valence-corrected chi connectivity index (χ3v) is 7.28. The fourth-order valence-corrected chi connectivity index (χ4v) is 5.38. The monoisotopic (exact) mass is 507 g/mol. The molecule has 4 aromatic heterocycles. The first-order valence-corrected chi connectivity index (χ1v) is 12.6. The zero-order chi connectivity index (χ0) is 24.6. The number of aryl methyl sites for hydroxylation is 1. The zero-order valence-corrected chi connectivity index (χ0v) is 20.5. The van der Waals surface area contributed by atoms with Crippen LogP contribution in [0.15, 0.2) is 35.1 Å². The van der Waals surface area contributed by atoms with E-state index in [1.165, 1.54) is 17.6 Å². The van der Waals surface area contributed by atoms with Gasteiger partial charge in [-0.3, -0.25) is 9.78 Å². The van der Waals surface area contributed by atoms with Gasteiger partial charge in [-0.25, -0.2) is 9.97 Å². The van der Waals surface area contributed by atoms with Gasteiger partial charge in [-0.2, -0.15) is 4.98 Å². The maximum absolute atomic E-state index is 13.2. The van der Waals surface area contributed by atoms with Gasteiger partial charge in [0.25, 0.3) is 5.91 Å². The third kappa shape index (κ3) is 4.50. The summed E-state index contributed by atoms with van der Waals surface area (Å²) < 4.78 is 11.9. The highest BCUT2D eigenvalue weighted by atomic mass is 32.1. The number of aliphatic hydroxyl groups excluding tert-OH is 1. The molecule has 2 saturated heterocycles. The van der Waals surface area contributed by atoms with Gasteiger partial charge in [-0.15, -0.1) is 0 Å². The minimum absolute atomic E-state index is 0.158. The zero-order valence-electron chi connectivity index (χ0n) is 19.7. The molecule has 12 heteroatoms. The van der Waals surface area contributed by atoms with Crippen molar-refractivity contribution in [3.63, 3.8) is 0 Å². The van der Waals surface area contributed by atoms with Crippen molar-refractivity contribution in [3.8, 4) is 11.5 Å². The number of rotatable bonds is 5. The second kappa shape index (κ2) is 9.45. The fraction of sp³-hybridized carbons (Fsp3) is 0.375. The molecule has 0 aromatic carbocycles. The Labute approximate surface area is 210 Å². The standard InChI is InChI=1S/C24H25N7O4S/c1-14-10-15(2-4-25-14)23-27-18(13-35-23)22(33)26-17-11-19-20(28-21(17)31-5-3-16(32)12-31)29-24(36-19)30-6-8-34-9-7-30/h2,4,10-11,13,16,32H,3,5-9,12H2,1H3,(H,26,33)/t16-/m0/s1. The number of fused-ring (bicyclic) bond motifs is 1. The lowest BCUT2D eigenvalue weighted by molar-refractivity contribution is 0.102. The van der Waals surface area contributed by atoms with E-state index in [0.717, 1.165) is 34.2 Å². The van der Waals surface area contributed by atoms with E-state index in [2.05, 4.69) is 20.2 Å². The van der Waals surface area contributed by atoms with E-state index in [0.29, 0.717) is 55.8 Å². The Hall–Kier alpha value is -3.61. The van der Waals surface area contributed by atoms with E-state index in [9.17, 15) is 9.90 Å². The number of morpholine rings is 1. The van der Waals surface area contributed by atoms with Gasteiger partial charge in [0.2, 0.25) is 5.89 Å². The van der Waals surface area contributed by atoms with Crippen molar-refractivity contribution in [2.75, 3.05) is 54.5 Å². The van der Waals surface area contributed by atoms with Crippen LogP contribution in [0.3, 0.4) is 0 Å². The van der Waals surface area contributed by atoms with Crippen molar-refractivity contribution in [1.82, 2.24) is 19.9 Å². The number of hydrogen-bond donors (Lipinski definition) is 2. The van der Waals surface area contributed by atoms with Gasteiger partial charge in [-0.1, -0.05) is 11.3 Å². The lowest BCUT2D eigenvalue weighted by atomic mass is 10.2. The maximum Gasteiger partial charge on any atom is 0.277 e. The predicted octanol–water partition coefficient (Wildman–Crippen LogP) is 2.71. The predicted molar refractivity (Wildman–Crippen MR) is 136 cm³/mol. The molecule has 0 bridgehead atoms. The highest BCUT2D eigenvalue weighted by molar-refractivity contribution is 7.22. The molecule has 6 heterocycles. The number of ether oxygens (including phenoxy) is 1. The maximum atomic E-state index is 13.2. The van der Waals surface area contributed by atoms with E-state index >= 15 is 0 Å². The van der Waals surface area contributed by atoms with Crippen molar-refractivity contribution in [3.05, 3.63) is 42.0 Å². The minimum Gasteiger partial charge on any atom is -0.444 e. The Morgan fingerprint density at radius 1 is 1.17 bits per heavy atom. The van der Waals surface area contributed by atoms with Crippen LogP contribution >= 0.6 is 11.3 Å². The quantitative estimate of drug-likeness (QED) is 0.416. The lowest BCUT2D eigenvalue weighted by Crippen LogP contribution is -2.36. The summed E-state index contributed by atoms with van der Waals surface area (Å²) in [6, 6.07) is 5.53. The summed E-state index contributed by atoms with van der Waals surface area (Å²) in [5.74, 6) is 0.523. The first-order valence-electron chi connectivity index (χ1n) is 11.8. The number of amides is 1. The second-order valence-electron chi connectivity index (χ2n) is 8.84. The molecular formula is C24H25N7O4S. The number of pyridine rings is 2. The van der Waals surface area contributed by atoms with Crippen LogP contribution in [0.5, 0.6) is 0 Å². The summed E-state index contributed by atoms with van der Waals surface area (Å²) in [5.41, 5.74) is 2.90. The normalized spacial score (nSPS) is 18.2. The number of aliphatic hydroxyl groups is 1. The number of nitrogens with one attached hydrogen (secondary N) is 1. The third-order valence-electron chi connectivity index (χ3n) is 6.22. The summed E-state index contributed by atoms with van der Waals surface area (Å²) in [6.07, 6.45) is 3.22. The first-order chi connectivity index (χ1) is 17.5. The fourth-order valence-electron chi connectivity index (χ4n) is 4.38. The highest BCUT2D eigenvalue weighted by Gasteiger charge is 2.27. The summed E-state index contributed by atoms with van der Waals surface area (Å²) in [4.78, 5) is 35.4. The largest absolute Gasteiger partial charge is 0.444 e. The number of nitrogens with zero attached hydrogens (tertiary/aromatic N) is 6. The Morgan fingerprint density at radius 2 is 2.03 bits per heavy atom. The molecule has 6 rings (SSSR count). The molecule has 0 unspecified atom stereocenters. The lowest BCUT2D eigenvalue weighted by Gasteiger charge is -2.25. The molecule has 2 N–H and O–H groups in total. The van der Waals surface area contributed by atoms with Gasteiger partial charge in [0, 0.05) is 43.6 Å². The molecule has 1 amide bonds. The molecule has 0 aliphatic carbocycles. The van der Waals surface area contributed by atoms with Crippen LogP contribution in [0.4, 0.5) is 16.6 Å². The van der Waals surface area contributed by atoms with Crippen LogP contribution in [-0.4, -0.2) is 76.4 Å². The number of β-amino-alcohol motifs (C(OH)–C–C–N with tert-alkyl or cyclic N) is 1. The average Bonchev–Trinajstić information content (AvgIpc) is 3.63. The number of hydrogen-bond acceptors (Lipinski definition) is 11. The summed E-state index contributed by atoms with van der Waals surface area (Å²) in [6.45, 7) is 5.85. The molecule has 36 heavy (non-hydrogen) atoms. The molecule has 0 radical (unpaired) electrons. The van der Waals surface area contributed by atoms with Gasteiger partial charge in [0.05, 0.1) is 29.7 Å². The molecular weight excluding hydrogens is 482 g/mol. The number of carbonyl (C=O) groups is 1. The Bertz CT molecular complexity index is 1410. The molecule has 11 nitrogen and oxygen atoms in total. The molecule has 1 atom stereocenters. The second-order valence-corrected chi connectivity index (χ2v) is 9.85. The van der Waals surface area contributed by atoms with Crippen LogP contribution in [0.1, 0.15) is 22.6 Å².